The zero-order valence-corrected chi connectivity index (χ0v) is 15.9. The summed E-state index contributed by atoms with van der Waals surface area (Å²) >= 11 is 4.71. The van der Waals surface area contributed by atoms with Crippen molar-refractivity contribution in [2.75, 3.05) is 0 Å². The van der Waals surface area contributed by atoms with Crippen molar-refractivity contribution in [3.63, 3.8) is 0 Å². The largest absolute Gasteiger partial charge is 0.239 e. The van der Waals surface area contributed by atoms with Crippen molar-refractivity contribution in [3.8, 4) is 10.6 Å². The molecule has 0 atom stereocenters. The molecule has 1 aliphatic carbocycles. The van der Waals surface area contributed by atoms with Gasteiger partial charge in [-0.1, -0.05) is 69.8 Å². The predicted octanol–water partition coefficient (Wildman–Crippen LogP) is 6.12. The molecule has 2 aromatic carbocycles. The van der Waals surface area contributed by atoms with Gasteiger partial charge in [0.05, 0.1) is 11.1 Å². The number of pyridine rings is 1. The van der Waals surface area contributed by atoms with E-state index in [9.17, 15) is 4.39 Å². The van der Waals surface area contributed by atoms with Gasteiger partial charge >= 0.3 is 0 Å². The number of thiazole rings is 1. The van der Waals surface area contributed by atoms with Gasteiger partial charge in [-0.3, -0.25) is 0 Å². The molecule has 126 valence electrons. The monoisotopic (exact) mass is 422 g/mol. The Balaban J connectivity index is 1.59. The van der Waals surface area contributed by atoms with Gasteiger partial charge in [-0.25, -0.2) is 14.4 Å². The van der Waals surface area contributed by atoms with E-state index in [1.165, 1.54) is 23.0 Å². The normalized spacial score (nSPS) is 14.7. The first-order valence-corrected chi connectivity index (χ1v) is 9.76. The van der Waals surface area contributed by atoms with E-state index in [1.54, 1.807) is 6.07 Å². The third-order valence-corrected chi connectivity index (χ3v) is 6.08. The first-order chi connectivity index (χ1) is 12.7. The van der Waals surface area contributed by atoms with Crippen molar-refractivity contribution in [3.05, 3.63) is 94.4 Å². The number of hydrogen-bond donors (Lipinski definition) is 0. The van der Waals surface area contributed by atoms with E-state index in [2.05, 4.69) is 45.2 Å². The number of rotatable bonds is 3. The lowest BCUT2D eigenvalue weighted by molar-refractivity contribution is 0.630. The highest BCUT2D eigenvalue weighted by atomic mass is 79.9. The van der Waals surface area contributed by atoms with E-state index in [0.717, 1.165) is 16.0 Å². The number of halogens is 2. The number of allylic oxidation sites excluding steroid dienone is 2. The van der Waals surface area contributed by atoms with Gasteiger partial charge in [-0.15, -0.1) is 0 Å². The Labute approximate surface area is 162 Å². The summed E-state index contributed by atoms with van der Waals surface area (Å²) < 4.78 is 15.0. The van der Waals surface area contributed by atoms with Crippen LogP contribution in [0.25, 0.3) is 20.9 Å². The Morgan fingerprint density at radius 3 is 2.46 bits per heavy atom. The molecule has 2 aromatic heterocycles. The van der Waals surface area contributed by atoms with Crippen molar-refractivity contribution in [1.29, 1.82) is 0 Å². The molecular formula is C21H12BrFN2S. The molecule has 5 heteroatoms. The van der Waals surface area contributed by atoms with Crippen molar-refractivity contribution < 1.29 is 4.39 Å². The van der Waals surface area contributed by atoms with Crippen LogP contribution in [0, 0.1) is 5.82 Å². The zero-order valence-electron chi connectivity index (χ0n) is 13.5. The Morgan fingerprint density at radius 1 is 0.923 bits per heavy atom. The third-order valence-electron chi connectivity index (χ3n) is 4.59. The van der Waals surface area contributed by atoms with Gasteiger partial charge in [-0.2, -0.15) is 0 Å². The molecule has 1 aliphatic rings. The summed E-state index contributed by atoms with van der Waals surface area (Å²) in [6.07, 6.45) is 4.32. The van der Waals surface area contributed by atoms with Crippen LogP contribution in [0.3, 0.4) is 0 Å². The van der Waals surface area contributed by atoms with Crippen LogP contribution in [0.15, 0.2) is 77.3 Å². The lowest BCUT2D eigenvalue weighted by Gasteiger charge is -2.15. The summed E-state index contributed by atoms with van der Waals surface area (Å²) in [5, 5.41) is 0.646. The van der Waals surface area contributed by atoms with E-state index < -0.39 is 0 Å². The predicted molar refractivity (Wildman–Crippen MR) is 107 cm³/mol. The Morgan fingerprint density at radius 2 is 1.73 bits per heavy atom. The first kappa shape index (κ1) is 15.9. The Bertz CT molecular complexity index is 1160. The molecule has 5 rings (SSSR count). The minimum atomic E-state index is -0.289. The van der Waals surface area contributed by atoms with Crippen LogP contribution in [0.5, 0.6) is 0 Å². The fourth-order valence-corrected chi connectivity index (χ4v) is 4.43. The van der Waals surface area contributed by atoms with Crippen LogP contribution in [-0.2, 0) is 5.41 Å². The van der Waals surface area contributed by atoms with E-state index in [0.29, 0.717) is 15.0 Å². The van der Waals surface area contributed by atoms with Crippen LogP contribution in [0.4, 0.5) is 4.39 Å². The second-order valence-electron chi connectivity index (χ2n) is 6.23. The molecule has 26 heavy (non-hydrogen) atoms. The molecule has 0 unspecified atom stereocenters. The summed E-state index contributed by atoms with van der Waals surface area (Å²) in [6.45, 7) is 0. The van der Waals surface area contributed by atoms with Gasteiger partial charge in [0.1, 0.15) is 21.2 Å². The number of nitrogens with zero attached hydrogens (tertiary/aromatic N) is 2. The van der Waals surface area contributed by atoms with E-state index >= 15 is 0 Å². The molecule has 0 spiro atoms. The van der Waals surface area contributed by atoms with E-state index in [1.807, 2.05) is 36.4 Å². The molecule has 0 bridgehead atoms. The number of aromatic nitrogens is 2. The Hall–Kier alpha value is -2.37. The van der Waals surface area contributed by atoms with E-state index in [4.69, 9.17) is 4.98 Å². The number of fused-ring (bicyclic) bond motifs is 1. The van der Waals surface area contributed by atoms with E-state index in [-0.39, 0.29) is 11.2 Å². The summed E-state index contributed by atoms with van der Waals surface area (Å²) in [4.78, 5) is 10.2. The van der Waals surface area contributed by atoms with Gasteiger partial charge in [-0.05, 0) is 35.9 Å². The summed E-state index contributed by atoms with van der Waals surface area (Å²) in [7, 11) is 0. The smallest absolute Gasteiger partial charge is 0.144 e. The second-order valence-corrected chi connectivity index (χ2v) is 8.13. The van der Waals surface area contributed by atoms with Gasteiger partial charge in [0.15, 0.2) is 0 Å². The molecule has 2 nitrogen and oxygen atoms in total. The highest BCUT2D eigenvalue weighted by molar-refractivity contribution is 9.10. The fraction of sp³-hybridized carbons (Fsp3) is 0.0476. The SMILES string of the molecule is Fc1cc(Br)ccc1-c1nc2ccc(C3(c4ccccc4)C=C3)nc2s1. The van der Waals surface area contributed by atoms with Crippen LogP contribution in [0.2, 0.25) is 0 Å². The Kier molecular flexibility index (Phi) is 3.55. The minimum Gasteiger partial charge on any atom is -0.239 e. The zero-order chi connectivity index (χ0) is 17.7. The number of hydrogen-bond acceptors (Lipinski definition) is 3. The lowest BCUT2D eigenvalue weighted by atomic mass is 9.89. The van der Waals surface area contributed by atoms with Gasteiger partial charge < -0.3 is 0 Å². The summed E-state index contributed by atoms with van der Waals surface area (Å²) in [6, 6.07) is 19.3. The third kappa shape index (κ3) is 2.50. The van der Waals surface area contributed by atoms with Crippen LogP contribution in [0.1, 0.15) is 11.3 Å². The summed E-state index contributed by atoms with van der Waals surface area (Å²) in [5.74, 6) is -0.289. The fourth-order valence-electron chi connectivity index (χ4n) is 3.13. The molecule has 0 amide bonds. The molecule has 4 aromatic rings. The highest BCUT2D eigenvalue weighted by Gasteiger charge is 2.39. The summed E-state index contributed by atoms with van der Waals surface area (Å²) in [5.41, 5.74) is 3.25. The maximum atomic E-state index is 14.3. The lowest BCUT2D eigenvalue weighted by Crippen LogP contribution is -2.12. The minimum absolute atomic E-state index is 0.220. The van der Waals surface area contributed by atoms with Crippen molar-refractivity contribution in [2.24, 2.45) is 0 Å². The second kappa shape index (κ2) is 5.83. The average Bonchev–Trinajstić information content (AvgIpc) is 3.36. The highest BCUT2D eigenvalue weighted by Crippen LogP contribution is 2.45. The molecule has 0 N–H and O–H groups in total. The van der Waals surface area contributed by atoms with Crippen molar-refractivity contribution in [2.45, 2.75) is 5.41 Å². The van der Waals surface area contributed by atoms with Gasteiger partial charge in [0.2, 0.25) is 0 Å². The topological polar surface area (TPSA) is 25.8 Å². The van der Waals surface area contributed by atoms with Crippen molar-refractivity contribution in [1.82, 2.24) is 9.97 Å². The maximum absolute atomic E-state index is 14.3. The van der Waals surface area contributed by atoms with Crippen LogP contribution in [-0.4, -0.2) is 9.97 Å². The number of benzene rings is 2. The van der Waals surface area contributed by atoms with Crippen molar-refractivity contribution >= 4 is 37.6 Å². The molecule has 0 fully saturated rings. The van der Waals surface area contributed by atoms with Gasteiger partial charge in [0, 0.05) is 10.0 Å². The molecule has 0 radical (unpaired) electrons. The molecular weight excluding hydrogens is 411 g/mol. The first-order valence-electron chi connectivity index (χ1n) is 8.15. The molecule has 0 saturated heterocycles. The average molecular weight is 423 g/mol. The van der Waals surface area contributed by atoms with Crippen LogP contribution < -0.4 is 0 Å². The standard InChI is InChI=1S/C21H12BrFN2S/c22-14-6-7-15(16(23)12-14)19-24-17-8-9-18(25-20(17)26-19)21(10-11-21)13-4-2-1-3-5-13/h1-12H. The van der Waals surface area contributed by atoms with Gasteiger partial charge in [0.25, 0.3) is 0 Å². The quantitative estimate of drug-likeness (QED) is 0.371. The van der Waals surface area contributed by atoms with Crippen LogP contribution >= 0.6 is 27.3 Å². The maximum Gasteiger partial charge on any atom is 0.144 e. The molecule has 2 heterocycles. The molecule has 0 aliphatic heterocycles. The molecule has 0 saturated carbocycles.